The van der Waals surface area contributed by atoms with Gasteiger partial charge in [-0.15, -0.1) is 21.5 Å². The van der Waals surface area contributed by atoms with Gasteiger partial charge in [-0.25, -0.2) is 0 Å². The van der Waals surface area contributed by atoms with E-state index in [1.807, 2.05) is 17.5 Å². The van der Waals surface area contributed by atoms with Crippen molar-refractivity contribution in [2.24, 2.45) is 0 Å². The molecule has 0 aliphatic rings. The van der Waals surface area contributed by atoms with E-state index in [-0.39, 0.29) is 16.8 Å². The second kappa shape index (κ2) is 5.05. The van der Waals surface area contributed by atoms with Gasteiger partial charge in [0.05, 0.1) is 6.54 Å². The van der Waals surface area contributed by atoms with Crippen molar-refractivity contribution in [1.82, 2.24) is 15.5 Å². The lowest BCUT2D eigenvalue weighted by Crippen LogP contribution is -2.23. The Hall–Kier alpha value is -1.46. The average Bonchev–Trinajstić information content (AvgIpc) is 2.80. The first kappa shape index (κ1) is 11.0. The van der Waals surface area contributed by atoms with E-state index in [0.29, 0.717) is 6.54 Å². The van der Waals surface area contributed by atoms with Crippen LogP contribution in [0.5, 0.6) is 0 Å². The average molecular weight is 254 g/mol. The molecule has 0 bridgehead atoms. The van der Waals surface area contributed by atoms with Gasteiger partial charge in [0.1, 0.15) is 0 Å². The molecule has 0 aliphatic heterocycles. The maximum absolute atomic E-state index is 11.6. The minimum atomic E-state index is -0.252. The number of nitrogens with zero attached hydrogens (tertiary/aromatic N) is 2. The molecule has 0 unspecified atom stereocenters. The van der Waals surface area contributed by atoms with Crippen molar-refractivity contribution in [2.75, 3.05) is 0 Å². The molecule has 82 valence electrons. The Balaban J connectivity index is 1.95. The number of nitrogens with one attached hydrogen (secondary N) is 1. The molecule has 0 aliphatic carbocycles. The minimum absolute atomic E-state index is 0.252. The normalized spacial score (nSPS) is 10.1. The van der Waals surface area contributed by atoms with Gasteiger partial charge in [0.25, 0.3) is 5.91 Å². The van der Waals surface area contributed by atoms with Gasteiger partial charge >= 0.3 is 0 Å². The van der Waals surface area contributed by atoms with Crippen LogP contribution in [0.1, 0.15) is 15.4 Å². The summed E-state index contributed by atoms with van der Waals surface area (Å²) in [6, 6.07) is 6.97. The predicted molar refractivity (Wildman–Crippen MR) is 62.5 cm³/mol. The molecule has 0 atom stereocenters. The maximum atomic E-state index is 11.6. The molecule has 1 amide bonds. The highest BCUT2D eigenvalue weighted by molar-refractivity contribution is 7.09. The summed E-state index contributed by atoms with van der Waals surface area (Å²) in [5.41, 5.74) is 0.265. The van der Waals surface area contributed by atoms with E-state index in [1.165, 1.54) is 6.07 Å². The fourth-order valence-electron chi connectivity index (χ4n) is 1.11. The zero-order chi connectivity index (χ0) is 11.4. The highest BCUT2D eigenvalue weighted by Gasteiger charge is 2.07. The molecule has 0 radical (unpaired) electrons. The Kier molecular flexibility index (Phi) is 3.48. The Morgan fingerprint density at radius 2 is 2.25 bits per heavy atom. The summed E-state index contributed by atoms with van der Waals surface area (Å²) in [7, 11) is 0. The molecule has 2 aromatic rings. The van der Waals surface area contributed by atoms with Gasteiger partial charge in [0.15, 0.2) is 10.8 Å². The molecule has 2 aromatic heterocycles. The number of hydrogen-bond acceptors (Lipinski definition) is 4. The molecule has 16 heavy (non-hydrogen) atoms. The molecule has 4 nitrogen and oxygen atoms in total. The highest BCUT2D eigenvalue weighted by atomic mass is 35.5. The molecule has 2 heterocycles. The van der Waals surface area contributed by atoms with E-state index in [1.54, 1.807) is 17.4 Å². The van der Waals surface area contributed by atoms with Crippen LogP contribution in [0.15, 0.2) is 29.6 Å². The first-order valence-electron chi connectivity index (χ1n) is 4.55. The fraction of sp³-hybridized carbons (Fsp3) is 0.100. The summed E-state index contributed by atoms with van der Waals surface area (Å²) < 4.78 is 0. The summed E-state index contributed by atoms with van der Waals surface area (Å²) in [5.74, 6) is -0.252. The highest BCUT2D eigenvalue weighted by Crippen LogP contribution is 2.08. The van der Waals surface area contributed by atoms with Gasteiger partial charge in [-0.2, -0.15) is 0 Å². The number of amides is 1. The van der Waals surface area contributed by atoms with Crippen LogP contribution >= 0.6 is 22.9 Å². The smallest absolute Gasteiger partial charge is 0.272 e. The third-order valence-electron chi connectivity index (χ3n) is 1.87. The monoisotopic (exact) mass is 253 g/mol. The number of rotatable bonds is 3. The van der Waals surface area contributed by atoms with E-state index in [0.717, 1.165) is 4.88 Å². The van der Waals surface area contributed by atoms with E-state index in [4.69, 9.17) is 11.6 Å². The first-order valence-corrected chi connectivity index (χ1v) is 5.81. The number of halogens is 1. The second-order valence-electron chi connectivity index (χ2n) is 3.00. The predicted octanol–water partition coefficient (Wildman–Crippen LogP) is 2.12. The van der Waals surface area contributed by atoms with Crippen LogP contribution in [0.3, 0.4) is 0 Å². The van der Waals surface area contributed by atoms with Crippen molar-refractivity contribution in [3.8, 4) is 0 Å². The summed E-state index contributed by atoms with van der Waals surface area (Å²) >= 11 is 7.16. The quantitative estimate of drug-likeness (QED) is 0.912. The number of thiophene rings is 1. The van der Waals surface area contributed by atoms with Gasteiger partial charge < -0.3 is 5.32 Å². The lowest BCUT2D eigenvalue weighted by Gasteiger charge is -2.01. The topological polar surface area (TPSA) is 54.9 Å². The Morgan fingerprint density at radius 3 is 2.88 bits per heavy atom. The standard InChI is InChI=1S/C10H8ClN3OS/c11-9-4-3-8(13-14-9)10(15)12-6-7-2-1-5-16-7/h1-5H,6H2,(H,12,15). The van der Waals surface area contributed by atoms with Crippen LogP contribution < -0.4 is 5.32 Å². The summed E-state index contributed by atoms with van der Waals surface area (Å²) in [6.45, 7) is 0.501. The first-order chi connectivity index (χ1) is 7.75. The van der Waals surface area contributed by atoms with Crippen molar-refractivity contribution < 1.29 is 4.79 Å². The molecular weight excluding hydrogens is 246 g/mol. The summed E-state index contributed by atoms with van der Waals surface area (Å²) in [5, 5.41) is 12.3. The molecule has 0 spiro atoms. The molecule has 1 N–H and O–H groups in total. The molecule has 0 saturated carbocycles. The van der Waals surface area contributed by atoms with E-state index in [2.05, 4.69) is 15.5 Å². The lowest BCUT2D eigenvalue weighted by molar-refractivity contribution is 0.0945. The Labute approximate surface area is 101 Å². The van der Waals surface area contributed by atoms with Crippen molar-refractivity contribution in [1.29, 1.82) is 0 Å². The van der Waals surface area contributed by atoms with Crippen LogP contribution in [0.4, 0.5) is 0 Å². The number of carbonyl (C=O) groups is 1. The second-order valence-corrected chi connectivity index (χ2v) is 4.42. The van der Waals surface area contributed by atoms with Crippen LogP contribution in [0.25, 0.3) is 0 Å². The molecule has 2 rings (SSSR count). The third kappa shape index (κ3) is 2.77. The lowest BCUT2D eigenvalue weighted by atomic mass is 10.3. The van der Waals surface area contributed by atoms with E-state index in [9.17, 15) is 4.79 Å². The summed E-state index contributed by atoms with van der Waals surface area (Å²) in [4.78, 5) is 12.7. The van der Waals surface area contributed by atoms with Crippen molar-refractivity contribution in [2.45, 2.75) is 6.54 Å². The van der Waals surface area contributed by atoms with Crippen LogP contribution in [-0.2, 0) is 6.54 Å². The zero-order valence-corrected chi connectivity index (χ0v) is 9.76. The van der Waals surface area contributed by atoms with Gasteiger partial charge in [0, 0.05) is 4.88 Å². The Morgan fingerprint density at radius 1 is 1.38 bits per heavy atom. The van der Waals surface area contributed by atoms with E-state index < -0.39 is 0 Å². The molecular formula is C10H8ClN3OS. The Bertz CT molecular complexity index is 469. The van der Waals surface area contributed by atoms with Crippen molar-refractivity contribution in [3.63, 3.8) is 0 Å². The summed E-state index contributed by atoms with van der Waals surface area (Å²) in [6.07, 6.45) is 0. The SMILES string of the molecule is O=C(NCc1cccs1)c1ccc(Cl)nn1. The molecule has 6 heteroatoms. The third-order valence-corrected chi connectivity index (χ3v) is 2.95. The van der Waals surface area contributed by atoms with Gasteiger partial charge in [0.2, 0.25) is 0 Å². The number of carbonyl (C=O) groups excluding carboxylic acids is 1. The van der Waals surface area contributed by atoms with Crippen LogP contribution in [-0.4, -0.2) is 16.1 Å². The zero-order valence-electron chi connectivity index (χ0n) is 8.18. The van der Waals surface area contributed by atoms with Crippen LogP contribution in [0, 0.1) is 0 Å². The van der Waals surface area contributed by atoms with Crippen molar-refractivity contribution >= 4 is 28.8 Å². The van der Waals surface area contributed by atoms with Crippen LogP contribution in [0.2, 0.25) is 5.15 Å². The number of hydrogen-bond donors (Lipinski definition) is 1. The molecule has 0 saturated heterocycles. The fourth-order valence-corrected chi connectivity index (χ4v) is 1.85. The largest absolute Gasteiger partial charge is 0.346 e. The maximum Gasteiger partial charge on any atom is 0.272 e. The van der Waals surface area contributed by atoms with Gasteiger partial charge in [-0.1, -0.05) is 17.7 Å². The van der Waals surface area contributed by atoms with E-state index >= 15 is 0 Å². The van der Waals surface area contributed by atoms with Gasteiger partial charge in [-0.05, 0) is 23.6 Å². The van der Waals surface area contributed by atoms with Crippen molar-refractivity contribution in [3.05, 3.63) is 45.4 Å². The van der Waals surface area contributed by atoms with Gasteiger partial charge in [-0.3, -0.25) is 4.79 Å². The molecule has 0 fully saturated rings. The minimum Gasteiger partial charge on any atom is -0.346 e. The number of aromatic nitrogens is 2. The molecule has 0 aromatic carbocycles.